The van der Waals surface area contributed by atoms with Crippen LogP contribution in [0.15, 0.2) is 42.5 Å². The monoisotopic (exact) mass is 340 g/mol. The highest BCUT2D eigenvalue weighted by molar-refractivity contribution is 5.97. The van der Waals surface area contributed by atoms with Crippen LogP contribution in [-0.4, -0.2) is 28.9 Å². The fourth-order valence-electron chi connectivity index (χ4n) is 2.59. The fourth-order valence-corrected chi connectivity index (χ4v) is 2.59. The molecule has 0 radical (unpaired) electrons. The van der Waals surface area contributed by atoms with E-state index >= 15 is 0 Å². The summed E-state index contributed by atoms with van der Waals surface area (Å²) in [6, 6.07) is 10.6. The molecule has 6 heteroatoms. The van der Waals surface area contributed by atoms with Gasteiger partial charge in [0.2, 0.25) is 5.91 Å². The normalized spacial score (nSPS) is 11.6. The highest BCUT2D eigenvalue weighted by Crippen LogP contribution is 2.11. The molecule has 2 rings (SSSR count). The molecule has 0 spiro atoms. The van der Waals surface area contributed by atoms with Gasteiger partial charge in [-0.2, -0.15) is 0 Å². The first-order valence-corrected chi connectivity index (χ1v) is 7.77. The number of aromatic carboxylic acids is 1. The molecule has 0 saturated heterocycles. The molecule has 6 nitrogen and oxygen atoms in total. The Morgan fingerprint density at radius 1 is 1.00 bits per heavy atom. The van der Waals surface area contributed by atoms with Crippen molar-refractivity contribution in [3.63, 3.8) is 0 Å². The van der Waals surface area contributed by atoms with Gasteiger partial charge in [0.15, 0.2) is 0 Å². The molecule has 2 aromatic rings. The van der Waals surface area contributed by atoms with Crippen molar-refractivity contribution >= 4 is 17.8 Å². The lowest BCUT2D eigenvalue weighted by molar-refractivity contribution is -0.119. The minimum absolute atomic E-state index is 0.152. The number of benzene rings is 2. The van der Waals surface area contributed by atoms with E-state index < -0.39 is 17.9 Å². The third-order valence-electron chi connectivity index (χ3n) is 3.77. The Bertz CT molecular complexity index is 792. The molecular formula is C19H20N2O4. The zero-order valence-electron chi connectivity index (χ0n) is 14.1. The van der Waals surface area contributed by atoms with E-state index in [0.29, 0.717) is 11.1 Å². The summed E-state index contributed by atoms with van der Waals surface area (Å²) in [4.78, 5) is 35.0. The standard InChI is InChI=1S/C19H20N2O4/c1-11-7-12(2)9-15(8-11)18(23)21-16(17(20)22)10-13-3-5-14(6-4-13)19(24)25/h3-9,16H,10H2,1-2H3,(H2,20,22)(H,21,23)(H,24,25)/t16-/m0/s1. The molecule has 0 fully saturated rings. The number of amides is 2. The van der Waals surface area contributed by atoms with Gasteiger partial charge in [-0.1, -0.05) is 29.3 Å². The Balaban J connectivity index is 2.13. The SMILES string of the molecule is Cc1cc(C)cc(C(=O)N[C@@H](Cc2ccc(C(=O)O)cc2)C(N)=O)c1. The first-order chi connectivity index (χ1) is 11.8. The van der Waals surface area contributed by atoms with Gasteiger partial charge in [0.05, 0.1) is 5.56 Å². The van der Waals surface area contributed by atoms with E-state index in [-0.39, 0.29) is 17.9 Å². The van der Waals surface area contributed by atoms with Crippen LogP contribution in [0.5, 0.6) is 0 Å². The van der Waals surface area contributed by atoms with E-state index in [9.17, 15) is 14.4 Å². The molecule has 0 heterocycles. The Labute approximate surface area is 145 Å². The number of carbonyl (C=O) groups is 3. The third kappa shape index (κ3) is 4.91. The predicted octanol–water partition coefficient (Wildman–Crippen LogP) is 1.83. The van der Waals surface area contributed by atoms with Gasteiger partial charge in [0.1, 0.15) is 6.04 Å². The lowest BCUT2D eigenvalue weighted by atomic mass is 10.0. The molecule has 0 bridgehead atoms. The van der Waals surface area contributed by atoms with Gasteiger partial charge < -0.3 is 16.2 Å². The summed E-state index contributed by atoms with van der Waals surface area (Å²) in [7, 11) is 0. The molecule has 0 saturated carbocycles. The van der Waals surface area contributed by atoms with Gasteiger partial charge in [-0.25, -0.2) is 4.79 Å². The van der Waals surface area contributed by atoms with E-state index in [2.05, 4.69) is 5.32 Å². The minimum atomic E-state index is -1.03. The molecule has 130 valence electrons. The number of hydrogen-bond acceptors (Lipinski definition) is 3. The zero-order chi connectivity index (χ0) is 18.6. The van der Waals surface area contributed by atoms with Crippen molar-refractivity contribution in [1.29, 1.82) is 0 Å². The number of carbonyl (C=O) groups excluding carboxylic acids is 2. The molecule has 0 unspecified atom stereocenters. The molecule has 0 aliphatic rings. The second-order valence-electron chi connectivity index (χ2n) is 6.01. The summed E-state index contributed by atoms with van der Waals surface area (Å²) in [6.45, 7) is 3.78. The smallest absolute Gasteiger partial charge is 0.335 e. The van der Waals surface area contributed by atoms with Crippen LogP contribution in [0.1, 0.15) is 37.4 Å². The number of nitrogens with two attached hydrogens (primary N) is 1. The van der Waals surface area contributed by atoms with Gasteiger partial charge in [-0.3, -0.25) is 9.59 Å². The van der Waals surface area contributed by atoms with E-state index in [4.69, 9.17) is 10.8 Å². The van der Waals surface area contributed by atoms with Crippen molar-refractivity contribution in [3.8, 4) is 0 Å². The summed E-state index contributed by atoms with van der Waals surface area (Å²) >= 11 is 0. The summed E-state index contributed by atoms with van der Waals surface area (Å²) in [6.07, 6.45) is 0.186. The molecule has 0 aliphatic carbocycles. The van der Waals surface area contributed by atoms with Gasteiger partial charge in [-0.05, 0) is 43.7 Å². The summed E-state index contributed by atoms with van der Waals surface area (Å²) in [5.74, 6) is -2.06. The highest BCUT2D eigenvalue weighted by atomic mass is 16.4. The Morgan fingerprint density at radius 2 is 1.56 bits per heavy atom. The van der Waals surface area contributed by atoms with Crippen molar-refractivity contribution < 1.29 is 19.5 Å². The number of carboxylic acid groups (broad SMARTS) is 1. The minimum Gasteiger partial charge on any atom is -0.478 e. The van der Waals surface area contributed by atoms with Crippen molar-refractivity contribution in [1.82, 2.24) is 5.32 Å². The van der Waals surface area contributed by atoms with Crippen LogP contribution < -0.4 is 11.1 Å². The van der Waals surface area contributed by atoms with Crippen LogP contribution in [0.25, 0.3) is 0 Å². The summed E-state index contributed by atoms with van der Waals surface area (Å²) in [5, 5.41) is 11.5. The second-order valence-corrected chi connectivity index (χ2v) is 6.01. The Hall–Kier alpha value is -3.15. The number of carboxylic acids is 1. The van der Waals surface area contributed by atoms with Gasteiger partial charge >= 0.3 is 5.97 Å². The lowest BCUT2D eigenvalue weighted by Gasteiger charge is -2.16. The molecule has 2 aromatic carbocycles. The first-order valence-electron chi connectivity index (χ1n) is 7.77. The molecule has 2 amide bonds. The maximum Gasteiger partial charge on any atom is 0.335 e. The molecular weight excluding hydrogens is 320 g/mol. The maximum atomic E-state index is 12.4. The quantitative estimate of drug-likeness (QED) is 0.745. The average Bonchev–Trinajstić information content (AvgIpc) is 2.53. The fraction of sp³-hybridized carbons (Fsp3) is 0.211. The maximum absolute atomic E-state index is 12.4. The van der Waals surface area contributed by atoms with Gasteiger partial charge in [-0.15, -0.1) is 0 Å². The molecule has 25 heavy (non-hydrogen) atoms. The lowest BCUT2D eigenvalue weighted by Crippen LogP contribution is -2.45. The number of aryl methyl sites for hydroxylation is 2. The highest BCUT2D eigenvalue weighted by Gasteiger charge is 2.20. The van der Waals surface area contributed by atoms with Crippen LogP contribution in [0.3, 0.4) is 0 Å². The number of rotatable bonds is 6. The Kier molecular flexibility index (Phi) is 5.54. The largest absolute Gasteiger partial charge is 0.478 e. The summed E-state index contributed by atoms with van der Waals surface area (Å²) < 4.78 is 0. The van der Waals surface area contributed by atoms with Crippen molar-refractivity contribution in [2.75, 3.05) is 0 Å². The van der Waals surface area contributed by atoms with Crippen molar-refractivity contribution in [2.24, 2.45) is 5.73 Å². The number of nitrogens with one attached hydrogen (secondary N) is 1. The van der Waals surface area contributed by atoms with E-state index in [1.54, 1.807) is 24.3 Å². The van der Waals surface area contributed by atoms with Crippen LogP contribution in [0, 0.1) is 13.8 Å². The topological polar surface area (TPSA) is 109 Å². The number of primary amides is 1. The van der Waals surface area contributed by atoms with E-state index in [1.165, 1.54) is 12.1 Å². The first kappa shape index (κ1) is 18.2. The number of hydrogen-bond donors (Lipinski definition) is 3. The second kappa shape index (κ2) is 7.61. The predicted molar refractivity (Wildman–Crippen MR) is 93.5 cm³/mol. The van der Waals surface area contributed by atoms with Crippen molar-refractivity contribution in [2.45, 2.75) is 26.3 Å². The molecule has 0 aliphatic heterocycles. The van der Waals surface area contributed by atoms with Gasteiger partial charge in [0.25, 0.3) is 5.91 Å². The Morgan fingerprint density at radius 3 is 2.04 bits per heavy atom. The third-order valence-corrected chi connectivity index (χ3v) is 3.77. The zero-order valence-corrected chi connectivity index (χ0v) is 14.1. The average molecular weight is 340 g/mol. The van der Waals surface area contributed by atoms with E-state index in [0.717, 1.165) is 11.1 Å². The van der Waals surface area contributed by atoms with Crippen LogP contribution in [-0.2, 0) is 11.2 Å². The van der Waals surface area contributed by atoms with Gasteiger partial charge in [0, 0.05) is 12.0 Å². The van der Waals surface area contributed by atoms with Crippen LogP contribution >= 0.6 is 0 Å². The van der Waals surface area contributed by atoms with Crippen LogP contribution in [0.2, 0.25) is 0 Å². The van der Waals surface area contributed by atoms with Crippen LogP contribution in [0.4, 0.5) is 0 Å². The molecule has 4 N–H and O–H groups in total. The van der Waals surface area contributed by atoms with Crippen molar-refractivity contribution in [3.05, 3.63) is 70.3 Å². The van der Waals surface area contributed by atoms with E-state index in [1.807, 2.05) is 19.9 Å². The molecule has 0 aromatic heterocycles. The molecule has 1 atom stereocenters. The summed E-state index contributed by atoms with van der Waals surface area (Å²) in [5.41, 5.74) is 8.62.